The molecule has 0 bridgehead atoms. The molecule has 0 radical (unpaired) electrons. The predicted molar refractivity (Wildman–Crippen MR) is 118 cm³/mol. The Morgan fingerprint density at radius 2 is 1.32 bits per heavy atom. The lowest BCUT2D eigenvalue weighted by molar-refractivity contribution is -0.333. The van der Waals surface area contributed by atoms with Crippen LogP contribution in [0.4, 0.5) is 0 Å². The lowest BCUT2D eigenvalue weighted by Gasteiger charge is -2.42. The fourth-order valence-electron chi connectivity index (χ4n) is 3.66. The number of aliphatic hydroxyl groups excluding tert-OH is 11. The van der Waals surface area contributed by atoms with Gasteiger partial charge in [-0.1, -0.05) is 12.7 Å². The second-order valence-corrected chi connectivity index (χ2v) is 8.79. The quantitative estimate of drug-likeness (QED) is 0.0736. The van der Waals surface area contributed by atoms with E-state index in [9.17, 15) is 61.0 Å². The molecule has 0 spiro atoms. The zero-order valence-electron chi connectivity index (χ0n) is 20.1. The first-order valence-electron chi connectivity index (χ1n) is 11.6. The summed E-state index contributed by atoms with van der Waals surface area (Å²) in [5.41, 5.74) is 0. The van der Waals surface area contributed by atoms with Gasteiger partial charge < -0.3 is 79.9 Å². The Morgan fingerprint density at radius 1 is 0.789 bits per heavy atom. The Kier molecular flexibility index (Phi) is 12.8. The van der Waals surface area contributed by atoms with Crippen molar-refractivity contribution < 1.29 is 84.7 Å². The van der Waals surface area contributed by atoms with Crippen molar-refractivity contribution in [3.63, 3.8) is 0 Å². The van der Waals surface area contributed by atoms with Gasteiger partial charge in [-0.15, -0.1) is 0 Å². The standard InChI is InChI=1S/C21H36O17/c1-2-3-34-19(33)16(30)13(27)10(24)7(23)5-35-20-18(32)15(29)12(26)9(38-20)6-36-21-17(31)14(28)11(25)8(4-22)37-21/h2,7-18,20-32H,1,3-6H2/t7-,8-,9-,10-,11-,12-,13+,14+,15+,16-,17-,18-,20+,21+/m1/s1. The van der Waals surface area contributed by atoms with E-state index in [2.05, 4.69) is 11.3 Å². The molecule has 2 heterocycles. The van der Waals surface area contributed by atoms with Crippen LogP contribution in [0, 0.1) is 0 Å². The third-order valence-corrected chi connectivity index (χ3v) is 6.03. The molecular weight excluding hydrogens is 524 g/mol. The molecule has 2 rings (SSSR count). The summed E-state index contributed by atoms with van der Waals surface area (Å²) in [5.74, 6) is -1.30. The van der Waals surface area contributed by atoms with Gasteiger partial charge in [0, 0.05) is 0 Å². The van der Waals surface area contributed by atoms with Gasteiger partial charge in [-0.3, -0.25) is 0 Å². The maximum atomic E-state index is 11.6. The van der Waals surface area contributed by atoms with Crippen LogP contribution in [0.1, 0.15) is 0 Å². The number of ether oxygens (including phenoxy) is 5. The summed E-state index contributed by atoms with van der Waals surface area (Å²) in [6.45, 7) is 0.803. The number of carbonyl (C=O) groups excluding carboxylic acids is 1. The zero-order valence-corrected chi connectivity index (χ0v) is 20.1. The molecule has 0 aliphatic carbocycles. The molecule has 222 valence electrons. The third-order valence-electron chi connectivity index (χ3n) is 6.03. The van der Waals surface area contributed by atoms with Crippen molar-refractivity contribution in [1.82, 2.24) is 0 Å². The molecule has 2 aliphatic rings. The van der Waals surface area contributed by atoms with E-state index in [-0.39, 0.29) is 6.61 Å². The SMILES string of the molecule is C=CCOC(=O)[C@H](O)[C@@H](O)[C@H](O)[C@H](O)CO[C@H]1O[C@H](CO[C@H]2O[C@H](CO)[C@@H](O)[C@H](O)[C@H]2O)[C@@H](O)[C@H](O)[C@H]1O. The van der Waals surface area contributed by atoms with Gasteiger partial charge in [0.2, 0.25) is 0 Å². The minimum Gasteiger partial charge on any atom is -0.459 e. The molecule has 2 aliphatic heterocycles. The van der Waals surface area contributed by atoms with E-state index in [0.29, 0.717) is 0 Å². The molecule has 0 aromatic heterocycles. The molecule has 11 N–H and O–H groups in total. The highest BCUT2D eigenvalue weighted by molar-refractivity contribution is 5.75. The van der Waals surface area contributed by atoms with E-state index in [1.54, 1.807) is 0 Å². The first-order valence-corrected chi connectivity index (χ1v) is 11.6. The van der Waals surface area contributed by atoms with E-state index in [1.807, 2.05) is 0 Å². The molecule has 0 aromatic carbocycles. The molecule has 0 amide bonds. The Labute approximate surface area is 216 Å². The second-order valence-electron chi connectivity index (χ2n) is 8.79. The maximum absolute atomic E-state index is 11.6. The van der Waals surface area contributed by atoms with E-state index >= 15 is 0 Å². The number of aliphatic hydroxyl groups is 11. The molecule has 38 heavy (non-hydrogen) atoms. The van der Waals surface area contributed by atoms with Crippen LogP contribution in [0.5, 0.6) is 0 Å². The summed E-state index contributed by atoms with van der Waals surface area (Å²) in [7, 11) is 0. The van der Waals surface area contributed by atoms with Crippen LogP contribution >= 0.6 is 0 Å². The van der Waals surface area contributed by atoms with Crippen molar-refractivity contribution in [1.29, 1.82) is 0 Å². The lowest BCUT2D eigenvalue weighted by atomic mass is 9.98. The minimum atomic E-state index is -2.22. The molecule has 2 saturated heterocycles. The van der Waals surface area contributed by atoms with Gasteiger partial charge in [-0.2, -0.15) is 0 Å². The van der Waals surface area contributed by atoms with Crippen LogP contribution in [0.15, 0.2) is 12.7 Å². The van der Waals surface area contributed by atoms with Crippen LogP contribution < -0.4 is 0 Å². The molecule has 17 heteroatoms. The molecule has 14 atom stereocenters. The Balaban J connectivity index is 1.94. The summed E-state index contributed by atoms with van der Waals surface area (Å²) in [6, 6.07) is 0. The van der Waals surface area contributed by atoms with Crippen LogP contribution in [0.25, 0.3) is 0 Å². The van der Waals surface area contributed by atoms with Gasteiger partial charge in [-0.05, 0) is 0 Å². The van der Waals surface area contributed by atoms with Gasteiger partial charge in [0.15, 0.2) is 18.7 Å². The number of rotatable bonds is 13. The maximum Gasteiger partial charge on any atom is 0.338 e. The zero-order chi connectivity index (χ0) is 28.7. The Hall–Kier alpha value is -1.39. The van der Waals surface area contributed by atoms with Gasteiger partial charge >= 0.3 is 5.97 Å². The number of hydrogen-bond donors (Lipinski definition) is 11. The number of hydrogen-bond acceptors (Lipinski definition) is 17. The second kappa shape index (κ2) is 14.8. The number of carbonyl (C=O) groups is 1. The molecule has 0 unspecified atom stereocenters. The number of esters is 1. The van der Waals surface area contributed by atoms with E-state index in [4.69, 9.17) is 18.9 Å². The molecular formula is C21H36O17. The van der Waals surface area contributed by atoms with E-state index in [1.165, 1.54) is 6.08 Å². The van der Waals surface area contributed by atoms with Crippen LogP contribution in [0.2, 0.25) is 0 Å². The first kappa shape index (κ1) is 32.8. The highest BCUT2D eigenvalue weighted by atomic mass is 16.7. The van der Waals surface area contributed by atoms with Gasteiger partial charge in [-0.25, -0.2) is 4.79 Å². The normalized spacial score (nSPS) is 39.1. The predicted octanol–water partition coefficient (Wildman–Crippen LogP) is -7.20. The monoisotopic (exact) mass is 560 g/mol. The Bertz CT molecular complexity index is 739. The highest BCUT2D eigenvalue weighted by Gasteiger charge is 2.48. The van der Waals surface area contributed by atoms with Crippen molar-refractivity contribution in [3.8, 4) is 0 Å². The fraction of sp³-hybridized carbons (Fsp3) is 0.857. The molecule has 17 nitrogen and oxygen atoms in total. The summed E-state index contributed by atoms with van der Waals surface area (Å²) in [4.78, 5) is 11.6. The van der Waals surface area contributed by atoms with Crippen molar-refractivity contribution in [2.45, 2.75) is 85.8 Å². The van der Waals surface area contributed by atoms with Crippen LogP contribution in [0.3, 0.4) is 0 Å². The summed E-state index contributed by atoms with van der Waals surface area (Å²) < 4.78 is 25.4. The van der Waals surface area contributed by atoms with Crippen molar-refractivity contribution in [2.75, 3.05) is 26.4 Å². The Morgan fingerprint density at radius 3 is 1.87 bits per heavy atom. The van der Waals surface area contributed by atoms with Gasteiger partial charge in [0.1, 0.15) is 73.8 Å². The fourth-order valence-corrected chi connectivity index (χ4v) is 3.66. The van der Waals surface area contributed by atoms with Crippen molar-refractivity contribution in [2.24, 2.45) is 0 Å². The largest absolute Gasteiger partial charge is 0.459 e. The van der Waals surface area contributed by atoms with Crippen molar-refractivity contribution >= 4 is 5.97 Å². The summed E-state index contributed by atoms with van der Waals surface area (Å²) in [5, 5.41) is 109. The van der Waals surface area contributed by atoms with E-state index in [0.717, 1.165) is 0 Å². The minimum absolute atomic E-state index is 0.281. The first-order chi connectivity index (χ1) is 17.8. The summed E-state index contributed by atoms with van der Waals surface area (Å²) in [6.07, 6.45) is -24.0. The van der Waals surface area contributed by atoms with E-state index < -0.39 is 112 Å². The average molecular weight is 561 g/mol. The van der Waals surface area contributed by atoms with Gasteiger partial charge in [0.25, 0.3) is 0 Å². The smallest absolute Gasteiger partial charge is 0.338 e. The lowest BCUT2D eigenvalue weighted by Crippen LogP contribution is -2.62. The molecule has 0 saturated carbocycles. The topological polar surface area (TPSA) is 286 Å². The molecule has 2 fully saturated rings. The summed E-state index contributed by atoms with van der Waals surface area (Å²) >= 11 is 0. The average Bonchev–Trinajstić information content (AvgIpc) is 2.91. The van der Waals surface area contributed by atoms with Crippen molar-refractivity contribution in [3.05, 3.63) is 12.7 Å². The highest BCUT2D eigenvalue weighted by Crippen LogP contribution is 2.26. The van der Waals surface area contributed by atoms with Gasteiger partial charge in [0.05, 0.1) is 19.8 Å². The van der Waals surface area contributed by atoms with Crippen LogP contribution in [-0.4, -0.2) is 174 Å². The third kappa shape index (κ3) is 7.84. The molecule has 0 aromatic rings. The van der Waals surface area contributed by atoms with Crippen LogP contribution in [-0.2, 0) is 28.5 Å².